The zero-order valence-electron chi connectivity index (χ0n) is 12.8. The number of benzene rings is 2. The van der Waals surface area contributed by atoms with Gasteiger partial charge in [-0.25, -0.2) is 4.79 Å². The zero-order chi connectivity index (χ0) is 15.9. The summed E-state index contributed by atoms with van der Waals surface area (Å²) >= 11 is 3.57. The largest absolute Gasteiger partial charge is 0.462 e. The van der Waals surface area contributed by atoms with Gasteiger partial charge in [0, 0.05) is 17.1 Å². The maximum absolute atomic E-state index is 11.8. The predicted molar refractivity (Wildman–Crippen MR) is 91.8 cm³/mol. The number of nitrogens with one attached hydrogen (secondary N) is 1. The van der Waals surface area contributed by atoms with Gasteiger partial charge in [0.1, 0.15) is 0 Å². The van der Waals surface area contributed by atoms with Gasteiger partial charge in [-0.2, -0.15) is 0 Å². The van der Waals surface area contributed by atoms with E-state index in [9.17, 15) is 4.79 Å². The lowest BCUT2D eigenvalue weighted by Gasteiger charge is -2.16. The molecule has 0 bridgehead atoms. The number of rotatable bonds is 6. The molecule has 2 aromatic rings. The molecule has 0 radical (unpaired) electrons. The normalized spacial score (nSPS) is 12.0. The van der Waals surface area contributed by atoms with E-state index in [1.807, 2.05) is 43.3 Å². The molecule has 0 heterocycles. The van der Waals surface area contributed by atoms with E-state index in [-0.39, 0.29) is 12.0 Å². The number of hydrogen-bond donors (Lipinski definition) is 1. The van der Waals surface area contributed by atoms with Crippen LogP contribution in [0.2, 0.25) is 0 Å². The van der Waals surface area contributed by atoms with Crippen LogP contribution in [-0.4, -0.2) is 12.6 Å². The van der Waals surface area contributed by atoms with Gasteiger partial charge in [0.15, 0.2) is 0 Å². The molecule has 2 rings (SSSR count). The van der Waals surface area contributed by atoms with Crippen LogP contribution < -0.4 is 5.32 Å². The molecule has 4 heteroatoms. The first-order valence-electron chi connectivity index (χ1n) is 7.35. The summed E-state index contributed by atoms with van der Waals surface area (Å²) in [6, 6.07) is 15.9. The summed E-state index contributed by atoms with van der Waals surface area (Å²) in [5.74, 6) is -0.275. The van der Waals surface area contributed by atoms with Crippen LogP contribution >= 0.6 is 15.9 Å². The standard InChI is InChI=1S/C18H20BrNO2/c1-3-22-18(21)15-8-6-7-14(11-15)12-20-13(2)16-9-4-5-10-17(16)19/h4-11,13,20H,3,12H2,1-2H3. The van der Waals surface area contributed by atoms with E-state index in [1.165, 1.54) is 5.56 Å². The van der Waals surface area contributed by atoms with Crippen molar-refractivity contribution in [2.75, 3.05) is 6.61 Å². The second-order valence-electron chi connectivity index (χ2n) is 5.04. The molecule has 0 aliphatic carbocycles. The number of hydrogen-bond acceptors (Lipinski definition) is 3. The highest BCUT2D eigenvalue weighted by molar-refractivity contribution is 9.10. The minimum atomic E-state index is -0.275. The zero-order valence-corrected chi connectivity index (χ0v) is 14.4. The molecule has 0 aliphatic rings. The summed E-state index contributed by atoms with van der Waals surface area (Å²) in [4.78, 5) is 11.8. The molecule has 1 atom stereocenters. The Morgan fingerprint density at radius 2 is 2.00 bits per heavy atom. The predicted octanol–water partition coefficient (Wildman–Crippen LogP) is 4.48. The molecular weight excluding hydrogens is 342 g/mol. The Labute approximate surface area is 139 Å². The molecule has 22 heavy (non-hydrogen) atoms. The first-order chi connectivity index (χ1) is 10.6. The maximum Gasteiger partial charge on any atom is 0.338 e. The molecule has 116 valence electrons. The van der Waals surface area contributed by atoms with Crippen molar-refractivity contribution in [3.05, 3.63) is 69.7 Å². The van der Waals surface area contributed by atoms with Crippen LogP contribution in [0.25, 0.3) is 0 Å². The lowest BCUT2D eigenvalue weighted by molar-refractivity contribution is 0.0526. The molecule has 1 N–H and O–H groups in total. The van der Waals surface area contributed by atoms with Crippen LogP contribution in [0.15, 0.2) is 53.0 Å². The van der Waals surface area contributed by atoms with Gasteiger partial charge in [-0.05, 0) is 43.2 Å². The van der Waals surface area contributed by atoms with Crippen molar-refractivity contribution in [1.29, 1.82) is 0 Å². The Bertz CT molecular complexity index is 642. The summed E-state index contributed by atoms with van der Waals surface area (Å²) in [6.07, 6.45) is 0. The van der Waals surface area contributed by atoms with Gasteiger partial charge in [0.05, 0.1) is 12.2 Å². The van der Waals surface area contributed by atoms with E-state index in [0.29, 0.717) is 18.7 Å². The third kappa shape index (κ3) is 4.42. The van der Waals surface area contributed by atoms with Gasteiger partial charge in [0.25, 0.3) is 0 Å². The molecular formula is C18H20BrNO2. The fourth-order valence-corrected chi connectivity index (χ4v) is 2.86. The summed E-state index contributed by atoms with van der Waals surface area (Å²) < 4.78 is 6.12. The summed E-state index contributed by atoms with van der Waals surface area (Å²) in [5.41, 5.74) is 2.86. The number of halogens is 1. The summed E-state index contributed by atoms with van der Waals surface area (Å²) in [6.45, 7) is 5.01. The lowest BCUT2D eigenvalue weighted by Crippen LogP contribution is -2.18. The van der Waals surface area contributed by atoms with Crippen molar-refractivity contribution in [3.63, 3.8) is 0 Å². The van der Waals surface area contributed by atoms with Crippen molar-refractivity contribution >= 4 is 21.9 Å². The maximum atomic E-state index is 11.8. The van der Waals surface area contributed by atoms with Crippen molar-refractivity contribution in [1.82, 2.24) is 5.32 Å². The van der Waals surface area contributed by atoms with E-state index in [4.69, 9.17) is 4.74 Å². The van der Waals surface area contributed by atoms with Crippen LogP contribution in [-0.2, 0) is 11.3 Å². The fraction of sp³-hybridized carbons (Fsp3) is 0.278. The molecule has 2 aromatic carbocycles. The van der Waals surface area contributed by atoms with E-state index >= 15 is 0 Å². The Morgan fingerprint density at radius 1 is 1.23 bits per heavy atom. The van der Waals surface area contributed by atoms with Crippen LogP contribution in [0, 0.1) is 0 Å². The Morgan fingerprint density at radius 3 is 2.73 bits per heavy atom. The molecule has 3 nitrogen and oxygen atoms in total. The second kappa shape index (κ2) is 8.11. The average Bonchev–Trinajstić information content (AvgIpc) is 2.53. The average molecular weight is 362 g/mol. The minimum Gasteiger partial charge on any atom is -0.462 e. The fourth-order valence-electron chi connectivity index (χ4n) is 2.23. The molecule has 0 amide bonds. The van der Waals surface area contributed by atoms with Gasteiger partial charge in [0.2, 0.25) is 0 Å². The third-order valence-corrected chi connectivity index (χ3v) is 4.14. The second-order valence-corrected chi connectivity index (χ2v) is 5.90. The van der Waals surface area contributed by atoms with Crippen LogP contribution in [0.3, 0.4) is 0 Å². The monoisotopic (exact) mass is 361 g/mol. The number of ether oxygens (including phenoxy) is 1. The Balaban J connectivity index is 2.01. The van der Waals surface area contributed by atoms with Gasteiger partial charge in [-0.1, -0.05) is 46.3 Å². The third-order valence-electron chi connectivity index (χ3n) is 3.42. The smallest absolute Gasteiger partial charge is 0.338 e. The van der Waals surface area contributed by atoms with Gasteiger partial charge in [-0.15, -0.1) is 0 Å². The lowest BCUT2D eigenvalue weighted by atomic mass is 10.1. The number of esters is 1. The molecule has 0 saturated heterocycles. The van der Waals surface area contributed by atoms with E-state index < -0.39 is 0 Å². The van der Waals surface area contributed by atoms with Gasteiger partial charge in [-0.3, -0.25) is 0 Å². The summed E-state index contributed by atoms with van der Waals surface area (Å²) in [7, 11) is 0. The van der Waals surface area contributed by atoms with Crippen molar-refractivity contribution < 1.29 is 9.53 Å². The molecule has 0 aliphatic heterocycles. The quantitative estimate of drug-likeness (QED) is 0.771. The highest BCUT2D eigenvalue weighted by atomic mass is 79.9. The van der Waals surface area contributed by atoms with E-state index in [2.05, 4.69) is 34.2 Å². The molecule has 0 spiro atoms. The first-order valence-corrected chi connectivity index (χ1v) is 8.15. The van der Waals surface area contributed by atoms with Crippen molar-refractivity contribution in [3.8, 4) is 0 Å². The van der Waals surface area contributed by atoms with Crippen LogP contribution in [0.1, 0.15) is 41.4 Å². The Kier molecular flexibility index (Phi) is 6.16. The SMILES string of the molecule is CCOC(=O)c1cccc(CNC(C)c2ccccc2Br)c1. The van der Waals surface area contributed by atoms with Crippen LogP contribution in [0.5, 0.6) is 0 Å². The number of carbonyl (C=O) groups excluding carboxylic acids is 1. The van der Waals surface area contributed by atoms with Crippen molar-refractivity contribution in [2.24, 2.45) is 0 Å². The van der Waals surface area contributed by atoms with E-state index in [1.54, 1.807) is 6.07 Å². The van der Waals surface area contributed by atoms with Crippen LogP contribution in [0.4, 0.5) is 0 Å². The molecule has 0 saturated carbocycles. The van der Waals surface area contributed by atoms with Gasteiger partial charge >= 0.3 is 5.97 Å². The van der Waals surface area contributed by atoms with Gasteiger partial charge < -0.3 is 10.1 Å². The molecule has 1 unspecified atom stereocenters. The molecule has 0 fully saturated rings. The highest BCUT2D eigenvalue weighted by Gasteiger charge is 2.10. The summed E-state index contributed by atoms with van der Waals surface area (Å²) in [5, 5.41) is 3.47. The topological polar surface area (TPSA) is 38.3 Å². The highest BCUT2D eigenvalue weighted by Crippen LogP contribution is 2.23. The number of carbonyl (C=O) groups is 1. The minimum absolute atomic E-state index is 0.210. The van der Waals surface area contributed by atoms with Crippen molar-refractivity contribution in [2.45, 2.75) is 26.4 Å². The first kappa shape index (κ1) is 16.7. The Hall–Kier alpha value is -1.65. The molecule has 0 aromatic heterocycles. The van der Waals surface area contributed by atoms with E-state index in [0.717, 1.165) is 10.0 Å².